The van der Waals surface area contributed by atoms with Crippen molar-refractivity contribution in [2.45, 2.75) is 77.6 Å². The Labute approximate surface area is 106 Å². The first-order valence-electron chi connectivity index (χ1n) is 7.05. The molecule has 100 valence electrons. The molecular weight excluding hydrogens is 212 g/mol. The predicted molar refractivity (Wildman–Crippen MR) is 73.2 cm³/mol. The molecule has 0 aromatic heterocycles. The van der Waals surface area contributed by atoms with Gasteiger partial charge < -0.3 is 5.11 Å². The first-order chi connectivity index (χ1) is 8.16. The standard InChI is InChI=1S/C15H28O2/c1-3-4-11-14(2)12-9-7-5-6-8-10-13-15(16)17/h2-13H2,1H3,(H,16,17). The third-order valence-electron chi connectivity index (χ3n) is 3.05. The Balaban J connectivity index is 3.12. The Hall–Kier alpha value is -0.790. The van der Waals surface area contributed by atoms with Crippen LogP contribution in [0.2, 0.25) is 0 Å². The fourth-order valence-electron chi connectivity index (χ4n) is 1.91. The molecule has 0 heterocycles. The number of hydrogen-bond donors (Lipinski definition) is 1. The number of carboxylic acid groups (broad SMARTS) is 1. The summed E-state index contributed by atoms with van der Waals surface area (Å²) in [5.41, 5.74) is 1.40. The van der Waals surface area contributed by atoms with Crippen molar-refractivity contribution in [1.82, 2.24) is 0 Å². The van der Waals surface area contributed by atoms with Gasteiger partial charge in [-0.15, -0.1) is 0 Å². The summed E-state index contributed by atoms with van der Waals surface area (Å²) >= 11 is 0. The molecule has 0 bridgehead atoms. The van der Waals surface area contributed by atoms with Crippen LogP contribution in [-0.2, 0) is 4.79 Å². The maximum absolute atomic E-state index is 10.3. The van der Waals surface area contributed by atoms with Gasteiger partial charge in [-0.1, -0.05) is 51.2 Å². The van der Waals surface area contributed by atoms with Crippen molar-refractivity contribution in [1.29, 1.82) is 0 Å². The van der Waals surface area contributed by atoms with Crippen LogP contribution in [0.25, 0.3) is 0 Å². The average molecular weight is 240 g/mol. The van der Waals surface area contributed by atoms with E-state index in [0.29, 0.717) is 6.42 Å². The van der Waals surface area contributed by atoms with E-state index in [0.717, 1.165) is 12.8 Å². The van der Waals surface area contributed by atoms with Gasteiger partial charge in [0.1, 0.15) is 0 Å². The third kappa shape index (κ3) is 13.1. The normalized spacial score (nSPS) is 10.4. The quantitative estimate of drug-likeness (QED) is 0.387. The first-order valence-corrected chi connectivity index (χ1v) is 7.05. The van der Waals surface area contributed by atoms with E-state index in [4.69, 9.17) is 5.11 Å². The summed E-state index contributed by atoms with van der Waals surface area (Å²) in [5, 5.41) is 8.48. The number of hydrogen-bond acceptors (Lipinski definition) is 1. The smallest absolute Gasteiger partial charge is 0.303 e. The van der Waals surface area contributed by atoms with E-state index in [1.54, 1.807) is 0 Å². The summed E-state index contributed by atoms with van der Waals surface area (Å²) in [6, 6.07) is 0. The largest absolute Gasteiger partial charge is 0.481 e. The highest BCUT2D eigenvalue weighted by Crippen LogP contribution is 2.15. The summed E-state index contributed by atoms with van der Waals surface area (Å²) in [5.74, 6) is -0.669. The summed E-state index contributed by atoms with van der Waals surface area (Å²) < 4.78 is 0. The second-order valence-corrected chi connectivity index (χ2v) is 4.87. The molecular formula is C15H28O2. The zero-order valence-corrected chi connectivity index (χ0v) is 11.3. The highest BCUT2D eigenvalue weighted by molar-refractivity contribution is 5.66. The lowest BCUT2D eigenvalue weighted by atomic mass is 10.0. The Morgan fingerprint density at radius 2 is 1.35 bits per heavy atom. The van der Waals surface area contributed by atoms with Crippen molar-refractivity contribution >= 4 is 5.97 Å². The Morgan fingerprint density at radius 1 is 0.882 bits per heavy atom. The first kappa shape index (κ1) is 16.2. The minimum atomic E-state index is -0.669. The summed E-state index contributed by atoms with van der Waals surface area (Å²) in [7, 11) is 0. The third-order valence-corrected chi connectivity index (χ3v) is 3.05. The van der Waals surface area contributed by atoms with E-state index in [1.807, 2.05) is 0 Å². The van der Waals surface area contributed by atoms with Gasteiger partial charge in [0.2, 0.25) is 0 Å². The van der Waals surface area contributed by atoms with Gasteiger partial charge >= 0.3 is 5.97 Å². The van der Waals surface area contributed by atoms with Crippen LogP contribution >= 0.6 is 0 Å². The molecule has 0 radical (unpaired) electrons. The van der Waals surface area contributed by atoms with Gasteiger partial charge in [-0.05, 0) is 32.1 Å². The lowest BCUT2D eigenvalue weighted by Gasteiger charge is -2.04. The van der Waals surface area contributed by atoms with Gasteiger partial charge in [-0.2, -0.15) is 0 Å². The van der Waals surface area contributed by atoms with Crippen LogP contribution in [0.1, 0.15) is 77.6 Å². The number of unbranched alkanes of at least 4 members (excludes halogenated alkanes) is 6. The van der Waals surface area contributed by atoms with Crippen LogP contribution in [0.15, 0.2) is 12.2 Å². The Kier molecular flexibility index (Phi) is 11.1. The fraction of sp³-hybridized carbons (Fsp3) is 0.800. The van der Waals surface area contributed by atoms with Crippen LogP contribution in [0.4, 0.5) is 0 Å². The lowest BCUT2D eigenvalue weighted by molar-refractivity contribution is -0.137. The van der Waals surface area contributed by atoms with E-state index >= 15 is 0 Å². The molecule has 0 aromatic carbocycles. The summed E-state index contributed by atoms with van der Waals surface area (Å²) in [6.07, 6.45) is 12.0. The van der Waals surface area contributed by atoms with Gasteiger partial charge in [-0.3, -0.25) is 4.79 Å². The number of carbonyl (C=O) groups is 1. The molecule has 0 aromatic rings. The second-order valence-electron chi connectivity index (χ2n) is 4.87. The molecule has 0 spiro atoms. The molecule has 2 heteroatoms. The number of rotatable bonds is 12. The van der Waals surface area contributed by atoms with Crippen molar-refractivity contribution in [3.8, 4) is 0 Å². The molecule has 17 heavy (non-hydrogen) atoms. The highest BCUT2D eigenvalue weighted by atomic mass is 16.4. The van der Waals surface area contributed by atoms with E-state index in [-0.39, 0.29) is 0 Å². The molecule has 0 aliphatic carbocycles. The molecule has 0 saturated heterocycles. The van der Waals surface area contributed by atoms with Crippen molar-refractivity contribution in [3.63, 3.8) is 0 Å². The molecule has 0 saturated carbocycles. The van der Waals surface area contributed by atoms with Crippen LogP contribution in [-0.4, -0.2) is 11.1 Å². The summed E-state index contributed by atoms with van der Waals surface area (Å²) in [4.78, 5) is 10.3. The van der Waals surface area contributed by atoms with E-state index in [2.05, 4.69) is 13.5 Å². The van der Waals surface area contributed by atoms with Crippen molar-refractivity contribution < 1.29 is 9.90 Å². The van der Waals surface area contributed by atoms with Crippen LogP contribution < -0.4 is 0 Å². The number of allylic oxidation sites excluding steroid dienone is 1. The average Bonchev–Trinajstić information content (AvgIpc) is 2.29. The molecule has 2 nitrogen and oxygen atoms in total. The predicted octanol–water partition coefficient (Wildman–Crippen LogP) is 4.94. The molecule has 0 fully saturated rings. The fourth-order valence-corrected chi connectivity index (χ4v) is 1.91. The van der Waals surface area contributed by atoms with Crippen molar-refractivity contribution in [3.05, 3.63) is 12.2 Å². The Bertz CT molecular complexity index is 209. The van der Waals surface area contributed by atoms with Crippen LogP contribution in [0.5, 0.6) is 0 Å². The number of carboxylic acids is 1. The second kappa shape index (κ2) is 11.7. The van der Waals surface area contributed by atoms with E-state index < -0.39 is 5.97 Å². The number of aliphatic carboxylic acids is 1. The molecule has 0 aliphatic heterocycles. The maximum atomic E-state index is 10.3. The topological polar surface area (TPSA) is 37.3 Å². The van der Waals surface area contributed by atoms with Crippen molar-refractivity contribution in [2.24, 2.45) is 0 Å². The van der Waals surface area contributed by atoms with Crippen molar-refractivity contribution in [2.75, 3.05) is 0 Å². The molecule has 1 N–H and O–H groups in total. The van der Waals surface area contributed by atoms with Crippen LogP contribution in [0.3, 0.4) is 0 Å². The SMILES string of the molecule is C=C(CCCC)CCCCCCCCC(=O)O. The molecule has 0 aliphatic rings. The molecule has 0 unspecified atom stereocenters. The molecule has 0 atom stereocenters. The van der Waals surface area contributed by atoms with Crippen LogP contribution in [0, 0.1) is 0 Å². The van der Waals surface area contributed by atoms with E-state index in [9.17, 15) is 4.79 Å². The lowest BCUT2D eigenvalue weighted by Crippen LogP contribution is -1.93. The minimum Gasteiger partial charge on any atom is -0.481 e. The van der Waals surface area contributed by atoms with Gasteiger partial charge in [-0.25, -0.2) is 0 Å². The monoisotopic (exact) mass is 240 g/mol. The highest BCUT2D eigenvalue weighted by Gasteiger charge is 1.97. The zero-order chi connectivity index (χ0) is 12.9. The Morgan fingerprint density at radius 3 is 1.88 bits per heavy atom. The van der Waals surface area contributed by atoms with Gasteiger partial charge in [0.05, 0.1) is 0 Å². The van der Waals surface area contributed by atoms with Gasteiger partial charge in [0.25, 0.3) is 0 Å². The minimum absolute atomic E-state index is 0.327. The van der Waals surface area contributed by atoms with Gasteiger partial charge in [0.15, 0.2) is 0 Å². The maximum Gasteiger partial charge on any atom is 0.303 e. The van der Waals surface area contributed by atoms with E-state index in [1.165, 1.54) is 56.9 Å². The van der Waals surface area contributed by atoms with Gasteiger partial charge in [0, 0.05) is 6.42 Å². The zero-order valence-electron chi connectivity index (χ0n) is 11.3. The summed E-state index contributed by atoms with van der Waals surface area (Å²) in [6.45, 7) is 6.31. The molecule has 0 amide bonds. The molecule has 0 rings (SSSR count).